The van der Waals surface area contributed by atoms with E-state index in [0.29, 0.717) is 0 Å². The molecule has 0 radical (unpaired) electrons. The lowest BCUT2D eigenvalue weighted by Crippen LogP contribution is -2.05. The average molecular weight is 402 g/mol. The van der Waals surface area contributed by atoms with Gasteiger partial charge in [0.1, 0.15) is 23.7 Å². The summed E-state index contributed by atoms with van der Waals surface area (Å²) < 4.78 is 37.2. The van der Waals surface area contributed by atoms with Crippen LogP contribution in [0.15, 0.2) is 48.8 Å². The second-order valence-electron chi connectivity index (χ2n) is 5.50. The highest BCUT2D eigenvalue weighted by Crippen LogP contribution is 2.36. The van der Waals surface area contributed by atoms with E-state index in [1.165, 1.54) is 31.4 Å². The van der Waals surface area contributed by atoms with Gasteiger partial charge in [0.05, 0.1) is 23.3 Å². The van der Waals surface area contributed by atoms with Crippen LogP contribution >= 0.6 is 0 Å². The summed E-state index contributed by atoms with van der Waals surface area (Å²) >= 11 is 0. The van der Waals surface area contributed by atoms with Crippen molar-refractivity contribution in [1.29, 1.82) is 0 Å². The third-order valence-corrected chi connectivity index (χ3v) is 3.64. The molecule has 0 saturated heterocycles. The van der Waals surface area contributed by atoms with Crippen LogP contribution in [0, 0.1) is 21.7 Å². The lowest BCUT2D eigenvalue weighted by Gasteiger charge is -2.10. The molecular weight excluding hydrogens is 390 g/mol. The van der Waals surface area contributed by atoms with E-state index in [4.69, 9.17) is 4.74 Å². The zero-order chi connectivity index (χ0) is 21.0. The molecule has 0 amide bonds. The SMILES string of the molecule is COC(=O)c1ccc(Oc2ncnc(Nc3cc(F)ccc3F)c2[N+](=O)[O-])cc1. The predicted molar refractivity (Wildman–Crippen MR) is 96.2 cm³/mol. The van der Waals surface area contributed by atoms with Gasteiger partial charge in [-0.25, -0.2) is 18.6 Å². The highest BCUT2D eigenvalue weighted by molar-refractivity contribution is 5.89. The molecule has 1 N–H and O–H groups in total. The summed E-state index contributed by atoms with van der Waals surface area (Å²) in [5.74, 6) is -2.82. The van der Waals surface area contributed by atoms with E-state index in [0.717, 1.165) is 24.5 Å². The van der Waals surface area contributed by atoms with Gasteiger partial charge in [-0.2, -0.15) is 4.98 Å². The monoisotopic (exact) mass is 402 g/mol. The maximum absolute atomic E-state index is 13.9. The smallest absolute Gasteiger partial charge is 0.373 e. The first-order valence-corrected chi connectivity index (χ1v) is 7.96. The lowest BCUT2D eigenvalue weighted by atomic mass is 10.2. The molecule has 0 saturated carbocycles. The number of halogens is 2. The summed E-state index contributed by atoms with van der Waals surface area (Å²) in [7, 11) is 1.23. The van der Waals surface area contributed by atoms with Gasteiger partial charge >= 0.3 is 17.5 Å². The summed E-state index contributed by atoms with van der Waals surface area (Å²) in [5.41, 5.74) is -0.783. The van der Waals surface area contributed by atoms with Crippen molar-refractivity contribution in [1.82, 2.24) is 9.97 Å². The zero-order valence-corrected chi connectivity index (χ0v) is 14.8. The van der Waals surface area contributed by atoms with Crippen molar-refractivity contribution in [3.8, 4) is 11.6 Å². The van der Waals surface area contributed by atoms with Crippen LogP contribution in [0.2, 0.25) is 0 Å². The molecule has 0 atom stereocenters. The third kappa shape index (κ3) is 4.40. The fourth-order valence-corrected chi connectivity index (χ4v) is 2.30. The molecule has 1 heterocycles. The van der Waals surface area contributed by atoms with E-state index in [-0.39, 0.29) is 17.0 Å². The van der Waals surface area contributed by atoms with Crippen molar-refractivity contribution in [3.05, 3.63) is 76.1 Å². The van der Waals surface area contributed by atoms with Gasteiger partial charge in [-0.3, -0.25) is 10.1 Å². The highest BCUT2D eigenvalue weighted by Gasteiger charge is 2.26. The molecule has 29 heavy (non-hydrogen) atoms. The summed E-state index contributed by atoms with van der Waals surface area (Å²) in [5, 5.41) is 13.9. The number of carbonyl (C=O) groups excluding carboxylic acids is 1. The zero-order valence-electron chi connectivity index (χ0n) is 14.8. The second kappa shape index (κ2) is 8.25. The molecule has 0 fully saturated rings. The van der Waals surface area contributed by atoms with E-state index in [9.17, 15) is 23.7 Å². The number of aromatic nitrogens is 2. The number of methoxy groups -OCH3 is 1. The Morgan fingerprint density at radius 1 is 1.14 bits per heavy atom. The highest BCUT2D eigenvalue weighted by atomic mass is 19.1. The number of nitro groups is 1. The molecule has 3 rings (SSSR count). The molecule has 0 bridgehead atoms. The quantitative estimate of drug-likeness (QED) is 0.374. The van der Waals surface area contributed by atoms with E-state index < -0.39 is 39.9 Å². The number of anilines is 2. The van der Waals surface area contributed by atoms with Crippen molar-refractivity contribution in [2.24, 2.45) is 0 Å². The molecule has 0 aliphatic carbocycles. The van der Waals surface area contributed by atoms with Crippen molar-refractivity contribution < 1.29 is 28.0 Å². The number of hydrogen-bond donors (Lipinski definition) is 1. The number of nitrogens with one attached hydrogen (secondary N) is 1. The Labute approximate surface area is 162 Å². The number of benzene rings is 2. The molecular formula is C18H12F2N4O5. The minimum absolute atomic E-state index is 0.141. The van der Waals surface area contributed by atoms with Crippen LogP contribution in [-0.4, -0.2) is 28.0 Å². The van der Waals surface area contributed by atoms with Crippen LogP contribution in [0.1, 0.15) is 10.4 Å². The summed E-state index contributed by atoms with van der Waals surface area (Å²) in [6.45, 7) is 0. The molecule has 9 nitrogen and oxygen atoms in total. The van der Waals surface area contributed by atoms with Crippen LogP contribution in [0.4, 0.5) is 26.0 Å². The van der Waals surface area contributed by atoms with E-state index in [1.807, 2.05) is 0 Å². The van der Waals surface area contributed by atoms with Gasteiger partial charge in [-0.15, -0.1) is 0 Å². The van der Waals surface area contributed by atoms with E-state index >= 15 is 0 Å². The number of esters is 1. The Balaban J connectivity index is 1.94. The van der Waals surface area contributed by atoms with Gasteiger partial charge in [0.15, 0.2) is 0 Å². The van der Waals surface area contributed by atoms with Gasteiger partial charge < -0.3 is 14.8 Å². The molecule has 3 aromatic rings. The minimum Gasteiger partial charge on any atom is -0.465 e. The molecule has 11 heteroatoms. The largest absolute Gasteiger partial charge is 0.465 e. The van der Waals surface area contributed by atoms with Gasteiger partial charge in [0.2, 0.25) is 5.82 Å². The number of rotatable bonds is 6. The fourth-order valence-electron chi connectivity index (χ4n) is 2.30. The number of ether oxygens (including phenoxy) is 2. The minimum atomic E-state index is -0.833. The molecule has 0 unspecified atom stereocenters. The van der Waals surface area contributed by atoms with Crippen LogP contribution in [0.25, 0.3) is 0 Å². The topological polar surface area (TPSA) is 116 Å². The van der Waals surface area contributed by atoms with Gasteiger partial charge in [0, 0.05) is 6.07 Å². The van der Waals surface area contributed by atoms with Crippen molar-refractivity contribution in [2.75, 3.05) is 12.4 Å². The summed E-state index contributed by atoms with van der Waals surface area (Å²) in [6.07, 6.45) is 0.963. The average Bonchev–Trinajstić information content (AvgIpc) is 2.70. The van der Waals surface area contributed by atoms with Crippen LogP contribution in [-0.2, 0) is 4.74 Å². The maximum Gasteiger partial charge on any atom is 0.373 e. The van der Waals surface area contributed by atoms with E-state index in [2.05, 4.69) is 20.0 Å². The van der Waals surface area contributed by atoms with Gasteiger partial charge in [-0.1, -0.05) is 0 Å². The normalized spacial score (nSPS) is 10.3. The molecule has 148 valence electrons. The Morgan fingerprint density at radius 2 is 1.86 bits per heavy atom. The predicted octanol–water partition coefficient (Wildman–Crippen LogP) is 3.99. The Morgan fingerprint density at radius 3 is 2.52 bits per heavy atom. The Kier molecular flexibility index (Phi) is 5.58. The van der Waals surface area contributed by atoms with Crippen molar-refractivity contribution in [2.45, 2.75) is 0 Å². The maximum atomic E-state index is 13.9. The molecule has 2 aromatic carbocycles. The first-order chi connectivity index (χ1) is 13.9. The summed E-state index contributed by atoms with van der Waals surface area (Å²) in [6, 6.07) is 8.17. The van der Waals surface area contributed by atoms with Crippen molar-refractivity contribution in [3.63, 3.8) is 0 Å². The van der Waals surface area contributed by atoms with E-state index in [1.54, 1.807) is 0 Å². The Bertz CT molecular complexity index is 1080. The van der Waals surface area contributed by atoms with Crippen LogP contribution in [0.5, 0.6) is 11.6 Å². The first-order valence-electron chi connectivity index (χ1n) is 7.96. The van der Waals surface area contributed by atoms with Gasteiger partial charge in [-0.05, 0) is 36.4 Å². The fraction of sp³-hybridized carbons (Fsp3) is 0.0556. The van der Waals surface area contributed by atoms with Crippen LogP contribution in [0.3, 0.4) is 0 Å². The first kappa shape index (κ1) is 19.6. The standard InChI is InChI=1S/C18H12F2N4O5/c1-28-18(25)10-2-5-12(6-3-10)29-17-15(24(26)27)16(21-9-22-17)23-14-8-11(19)4-7-13(14)20/h2-9H,1H3,(H,21,22,23). The van der Waals surface area contributed by atoms with Crippen molar-refractivity contribution >= 4 is 23.2 Å². The van der Waals surface area contributed by atoms with Gasteiger partial charge in [0.25, 0.3) is 0 Å². The lowest BCUT2D eigenvalue weighted by molar-refractivity contribution is -0.385. The second-order valence-corrected chi connectivity index (χ2v) is 5.50. The molecule has 1 aromatic heterocycles. The molecule has 0 spiro atoms. The summed E-state index contributed by atoms with van der Waals surface area (Å²) in [4.78, 5) is 29.6. The molecule has 0 aliphatic rings. The number of hydrogen-bond acceptors (Lipinski definition) is 8. The number of carbonyl (C=O) groups is 1. The third-order valence-electron chi connectivity index (χ3n) is 3.64. The Hall–Kier alpha value is -4.15. The number of nitrogens with zero attached hydrogens (tertiary/aromatic N) is 3. The molecule has 0 aliphatic heterocycles. The van der Waals surface area contributed by atoms with Crippen LogP contribution < -0.4 is 10.1 Å².